The Morgan fingerprint density at radius 2 is 1.33 bits per heavy atom. The van der Waals surface area contributed by atoms with Crippen molar-refractivity contribution in [1.82, 2.24) is 0 Å². The van der Waals surface area contributed by atoms with Crippen molar-refractivity contribution in [2.45, 2.75) is 71.9 Å². The molecule has 1 N–H and O–H groups in total. The molecule has 18 heavy (non-hydrogen) atoms. The highest BCUT2D eigenvalue weighted by molar-refractivity contribution is 4.70. The Kier molecular flexibility index (Phi) is 10.6. The maximum Gasteiger partial charge on any atom is 0.310 e. The van der Waals surface area contributed by atoms with Crippen LogP contribution in [0.3, 0.4) is 0 Å². The number of hydrogen-bond acceptors (Lipinski definition) is 4. The molecule has 0 aromatic rings. The average Bonchev–Trinajstić information content (AvgIpc) is 2.35. The molecule has 0 bridgehead atoms. The zero-order valence-electron chi connectivity index (χ0n) is 12.4. The fourth-order valence-electron chi connectivity index (χ4n) is 1.96. The normalized spacial score (nSPS) is 13.8. The molecule has 4 heteroatoms. The van der Waals surface area contributed by atoms with Crippen molar-refractivity contribution in [2.75, 3.05) is 19.8 Å². The lowest BCUT2D eigenvalue weighted by Crippen LogP contribution is -2.50. The smallest absolute Gasteiger partial charge is 0.310 e. The molecule has 1 unspecified atom stereocenters. The van der Waals surface area contributed by atoms with E-state index in [1.54, 1.807) is 0 Å². The van der Waals surface area contributed by atoms with E-state index in [4.69, 9.17) is 14.2 Å². The summed E-state index contributed by atoms with van der Waals surface area (Å²) in [6.07, 6.45) is 4.35. The minimum absolute atomic E-state index is 0.450. The first-order chi connectivity index (χ1) is 8.66. The van der Waals surface area contributed by atoms with E-state index >= 15 is 0 Å². The quantitative estimate of drug-likeness (QED) is 0.434. The Bertz CT molecular complexity index is 168. The zero-order valence-corrected chi connectivity index (χ0v) is 12.4. The molecule has 0 aliphatic heterocycles. The third-order valence-corrected chi connectivity index (χ3v) is 2.78. The summed E-state index contributed by atoms with van der Waals surface area (Å²) in [6.45, 7) is 9.13. The number of aliphatic hydroxyl groups excluding tert-OH is 1. The van der Waals surface area contributed by atoms with E-state index in [1.165, 1.54) is 12.8 Å². The van der Waals surface area contributed by atoms with E-state index in [9.17, 15) is 5.11 Å². The lowest BCUT2D eigenvalue weighted by atomic mass is 10.1. The zero-order chi connectivity index (χ0) is 13.9. The molecule has 0 amide bonds. The second-order valence-electron chi connectivity index (χ2n) is 4.27. The van der Waals surface area contributed by atoms with Gasteiger partial charge in [-0.1, -0.05) is 32.6 Å². The largest absolute Gasteiger partial charge is 0.385 e. The van der Waals surface area contributed by atoms with E-state index in [-0.39, 0.29) is 0 Å². The SMILES string of the molecule is CCCCCCC(O)C(OCC)(OCC)OCC. The summed E-state index contributed by atoms with van der Waals surface area (Å²) >= 11 is 0. The highest BCUT2D eigenvalue weighted by atomic mass is 16.9. The third kappa shape index (κ3) is 6.14. The molecule has 110 valence electrons. The second-order valence-corrected chi connectivity index (χ2v) is 4.27. The molecule has 0 spiro atoms. The van der Waals surface area contributed by atoms with Gasteiger partial charge in [0.15, 0.2) is 0 Å². The Balaban J connectivity index is 4.39. The maximum absolute atomic E-state index is 10.3. The summed E-state index contributed by atoms with van der Waals surface area (Å²) < 4.78 is 16.6. The molecular weight excluding hydrogens is 232 g/mol. The van der Waals surface area contributed by atoms with Gasteiger partial charge in [0.2, 0.25) is 0 Å². The van der Waals surface area contributed by atoms with Gasteiger partial charge in [0.05, 0.1) is 0 Å². The Labute approximate surface area is 112 Å². The van der Waals surface area contributed by atoms with Gasteiger partial charge in [0.25, 0.3) is 0 Å². The number of hydrogen-bond donors (Lipinski definition) is 1. The van der Waals surface area contributed by atoms with Gasteiger partial charge >= 0.3 is 5.97 Å². The fraction of sp³-hybridized carbons (Fsp3) is 1.00. The van der Waals surface area contributed by atoms with Gasteiger partial charge in [-0.25, -0.2) is 0 Å². The maximum atomic E-state index is 10.3. The number of rotatable bonds is 12. The predicted molar refractivity (Wildman–Crippen MR) is 72.4 cm³/mol. The van der Waals surface area contributed by atoms with Crippen molar-refractivity contribution in [3.05, 3.63) is 0 Å². The summed E-state index contributed by atoms with van der Waals surface area (Å²) in [6, 6.07) is 0. The Morgan fingerprint density at radius 3 is 1.72 bits per heavy atom. The van der Waals surface area contributed by atoms with Crippen molar-refractivity contribution in [3.8, 4) is 0 Å². The van der Waals surface area contributed by atoms with Crippen molar-refractivity contribution in [3.63, 3.8) is 0 Å². The standard InChI is InChI=1S/C14H30O4/c1-5-9-10-11-12-13(15)14(16-6-2,17-7-3)18-8-4/h13,15H,5-12H2,1-4H3. The molecule has 0 saturated carbocycles. The first-order valence-corrected chi connectivity index (χ1v) is 7.26. The van der Waals surface area contributed by atoms with Crippen LogP contribution in [0.1, 0.15) is 59.8 Å². The molecular formula is C14H30O4. The molecule has 0 aliphatic rings. The van der Waals surface area contributed by atoms with Crippen LogP contribution in [-0.4, -0.2) is 37.0 Å². The van der Waals surface area contributed by atoms with Crippen LogP contribution in [0.5, 0.6) is 0 Å². The molecule has 0 radical (unpaired) electrons. The Hall–Kier alpha value is -0.160. The molecule has 0 rings (SSSR count). The van der Waals surface area contributed by atoms with E-state index in [1.807, 2.05) is 20.8 Å². The highest BCUT2D eigenvalue weighted by Gasteiger charge is 2.40. The third-order valence-electron chi connectivity index (χ3n) is 2.78. The van der Waals surface area contributed by atoms with Gasteiger partial charge in [-0.05, 0) is 27.2 Å². The van der Waals surface area contributed by atoms with E-state index in [0.29, 0.717) is 26.2 Å². The Morgan fingerprint density at radius 1 is 0.833 bits per heavy atom. The average molecular weight is 262 g/mol. The van der Waals surface area contributed by atoms with Gasteiger partial charge in [-0.3, -0.25) is 0 Å². The minimum Gasteiger partial charge on any atom is -0.385 e. The van der Waals surface area contributed by atoms with Crippen LogP contribution in [-0.2, 0) is 14.2 Å². The van der Waals surface area contributed by atoms with E-state index in [0.717, 1.165) is 12.8 Å². The van der Waals surface area contributed by atoms with Crippen LogP contribution < -0.4 is 0 Å². The van der Waals surface area contributed by atoms with Gasteiger partial charge < -0.3 is 19.3 Å². The van der Waals surface area contributed by atoms with E-state index < -0.39 is 12.1 Å². The summed E-state index contributed by atoms with van der Waals surface area (Å²) in [7, 11) is 0. The topological polar surface area (TPSA) is 47.9 Å². The van der Waals surface area contributed by atoms with E-state index in [2.05, 4.69) is 6.92 Å². The first-order valence-electron chi connectivity index (χ1n) is 7.26. The molecule has 4 nitrogen and oxygen atoms in total. The molecule has 0 saturated heterocycles. The first kappa shape index (κ1) is 17.8. The fourth-order valence-corrected chi connectivity index (χ4v) is 1.96. The minimum atomic E-state index is -1.29. The van der Waals surface area contributed by atoms with Crippen molar-refractivity contribution in [2.24, 2.45) is 0 Å². The summed E-state index contributed by atoms with van der Waals surface area (Å²) in [5.41, 5.74) is 0. The molecule has 0 aliphatic carbocycles. The molecule has 1 atom stereocenters. The second kappa shape index (κ2) is 10.7. The summed E-state index contributed by atoms with van der Waals surface area (Å²) in [5.74, 6) is -1.29. The van der Waals surface area contributed by atoms with Gasteiger partial charge in [0.1, 0.15) is 6.10 Å². The number of unbranched alkanes of at least 4 members (excludes halogenated alkanes) is 3. The van der Waals surface area contributed by atoms with Crippen LogP contribution in [0, 0.1) is 0 Å². The summed E-state index contributed by atoms with van der Waals surface area (Å²) in [4.78, 5) is 0. The van der Waals surface area contributed by atoms with Gasteiger partial charge in [0, 0.05) is 19.8 Å². The van der Waals surface area contributed by atoms with Crippen LogP contribution >= 0.6 is 0 Å². The highest BCUT2D eigenvalue weighted by Crippen LogP contribution is 2.24. The number of ether oxygens (including phenoxy) is 3. The van der Waals surface area contributed by atoms with Crippen molar-refractivity contribution < 1.29 is 19.3 Å². The van der Waals surface area contributed by atoms with Crippen LogP contribution in [0.4, 0.5) is 0 Å². The molecule has 0 aromatic heterocycles. The monoisotopic (exact) mass is 262 g/mol. The van der Waals surface area contributed by atoms with Crippen molar-refractivity contribution in [1.29, 1.82) is 0 Å². The van der Waals surface area contributed by atoms with Gasteiger partial charge in [-0.15, -0.1) is 0 Å². The van der Waals surface area contributed by atoms with Gasteiger partial charge in [-0.2, -0.15) is 0 Å². The number of aliphatic hydroxyl groups is 1. The van der Waals surface area contributed by atoms with Crippen LogP contribution in [0.2, 0.25) is 0 Å². The predicted octanol–water partition coefficient (Wildman–Crippen LogP) is 3.08. The summed E-state index contributed by atoms with van der Waals surface area (Å²) in [5, 5.41) is 10.3. The lowest BCUT2D eigenvalue weighted by Gasteiger charge is -2.36. The molecule has 0 aromatic carbocycles. The van der Waals surface area contributed by atoms with Crippen molar-refractivity contribution >= 4 is 0 Å². The lowest BCUT2D eigenvalue weighted by molar-refractivity contribution is -0.410. The van der Waals surface area contributed by atoms with Crippen LogP contribution in [0.15, 0.2) is 0 Å². The van der Waals surface area contributed by atoms with Crippen LogP contribution in [0.25, 0.3) is 0 Å². The molecule has 0 heterocycles. The molecule has 0 fully saturated rings.